The van der Waals surface area contributed by atoms with Crippen LogP contribution in [0.3, 0.4) is 0 Å². The van der Waals surface area contributed by atoms with Gasteiger partial charge in [-0.25, -0.2) is 9.78 Å². The number of benzene rings is 1. The molecule has 2 aliphatic rings. The second-order valence-electron chi connectivity index (χ2n) is 8.35. The van der Waals surface area contributed by atoms with Crippen LogP contribution < -0.4 is 21.5 Å². The highest BCUT2D eigenvalue weighted by Gasteiger charge is 2.23. The Kier molecular flexibility index (Phi) is 6.37. The summed E-state index contributed by atoms with van der Waals surface area (Å²) in [4.78, 5) is 46.2. The molecule has 2 aromatic heterocycles. The van der Waals surface area contributed by atoms with Gasteiger partial charge in [0, 0.05) is 34.5 Å². The van der Waals surface area contributed by atoms with Crippen molar-refractivity contribution in [1.82, 2.24) is 15.3 Å². The van der Waals surface area contributed by atoms with Crippen LogP contribution in [0.4, 0.5) is 16.2 Å². The number of aromatic nitrogens is 2. The van der Waals surface area contributed by atoms with Crippen molar-refractivity contribution in [2.45, 2.75) is 50.3 Å². The Morgan fingerprint density at radius 2 is 1.88 bits per heavy atom. The number of nitrogens with one attached hydrogen (secondary N) is 4. The fourth-order valence-electron chi connectivity index (χ4n) is 3.89. The predicted octanol–water partition coefficient (Wildman–Crippen LogP) is 4.02. The number of carbonyl (C=O) groups is 2. The fourth-order valence-corrected chi connectivity index (χ4v) is 5.97. The first-order valence-electron chi connectivity index (χ1n) is 11.1. The van der Waals surface area contributed by atoms with E-state index in [9.17, 15) is 14.4 Å². The summed E-state index contributed by atoms with van der Waals surface area (Å²) in [5, 5.41) is 9.28. The predicted molar refractivity (Wildman–Crippen MR) is 133 cm³/mol. The number of aromatic amines is 1. The van der Waals surface area contributed by atoms with E-state index in [2.05, 4.69) is 25.9 Å². The molecule has 1 aromatic carbocycles. The van der Waals surface area contributed by atoms with Crippen LogP contribution in [-0.2, 0) is 23.4 Å². The average molecular weight is 484 g/mol. The third-order valence-electron chi connectivity index (χ3n) is 5.68. The molecule has 0 bridgehead atoms. The Morgan fingerprint density at radius 3 is 2.64 bits per heavy atom. The molecule has 1 fully saturated rings. The van der Waals surface area contributed by atoms with E-state index in [0.29, 0.717) is 41.2 Å². The average Bonchev–Trinajstić information content (AvgIpc) is 3.35. The van der Waals surface area contributed by atoms with Crippen molar-refractivity contribution < 1.29 is 9.59 Å². The molecule has 172 valence electrons. The van der Waals surface area contributed by atoms with Gasteiger partial charge in [0.2, 0.25) is 5.91 Å². The summed E-state index contributed by atoms with van der Waals surface area (Å²) in [6.45, 7) is 0. The van der Waals surface area contributed by atoms with Gasteiger partial charge in [-0.3, -0.25) is 9.59 Å². The first-order chi connectivity index (χ1) is 16.0. The minimum Gasteiger partial charge on any atom is -0.335 e. The van der Waals surface area contributed by atoms with Crippen LogP contribution in [0, 0.1) is 0 Å². The molecule has 3 aromatic rings. The third-order valence-corrected chi connectivity index (χ3v) is 7.83. The van der Waals surface area contributed by atoms with E-state index in [0.717, 1.165) is 42.3 Å². The lowest BCUT2D eigenvalue weighted by atomic mass is 10.2. The highest BCUT2D eigenvalue weighted by atomic mass is 32.2. The number of fused-ring (bicyclic) bond motifs is 3. The lowest BCUT2D eigenvalue weighted by Gasteiger charge is -2.09. The van der Waals surface area contributed by atoms with Crippen molar-refractivity contribution in [3.63, 3.8) is 0 Å². The van der Waals surface area contributed by atoms with Crippen molar-refractivity contribution in [3.8, 4) is 0 Å². The number of thioether (sulfide) groups is 1. The molecular formula is C23H25N5O3S2. The molecule has 0 aliphatic heterocycles. The summed E-state index contributed by atoms with van der Waals surface area (Å²) in [5.41, 5.74) is 2.50. The number of anilines is 2. The zero-order chi connectivity index (χ0) is 22.8. The molecule has 0 saturated heterocycles. The summed E-state index contributed by atoms with van der Waals surface area (Å²) in [7, 11) is 0. The van der Waals surface area contributed by atoms with Gasteiger partial charge in [0.25, 0.3) is 5.56 Å². The number of amides is 3. The van der Waals surface area contributed by atoms with Gasteiger partial charge in [-0.05, 0) is 61.9 Å². The maximum absolute atomic E-state index is 12.5. The van der Waals surface area contributed by atoms with E-state index in [1.165, 1.54) is 10.4 Å². The molecule has 2 heterocycles. The molecule has 10 heteroatoms. The summed E-state index contributed by atoms with van der Waals surface area (Å²) < 4.78 is 0. The number of carbonyl (C=O) groups excluding carboxylic acids is 2. The molecule has 8 nitrogen and oxygen atoms in total. The van der Waals surface area contributed by atoms with E-state index in [-0.39, 0.29) is 17.5 Å². The molecule has 0 radical (unpaired) electrons. The van der Waals surface area contributed by atoms with Gasteiger partial charge >= 0.3 is 6.03 Å². The van der Waals surface area contributed by atoms with Crippen LogP contribution in [0.25, 0.3) is 10.2 Å². The number of rotatable bonds is 8. The number of aryl methyl sites for hydroxylation is 2. The van der Waals surface area contributed by atoms with Crippen molar-refractivity contribution >= 4 is 56.6 Å². The molecule has 3 amide bonds. The van der Waals surface area contributed by atoms with E-state index in [1.54, 1.807) is 47.4 Å². The maximum Gasteiger partial charge on any atom is 0.319 e. The molecule has 0 unspecified atom stereocenters. The second-order valence-corrected chi connectivity index (χ2v) is 10.5. The molecule has 0 atom stereocenters. The van der Waals surface area contributed by atoms with Crippen molar-refractivity contribution in [1.29, 1.82) is 0 Å². The number of hydrogen-bond acceptors (Lipinski definition) is 6. The van der Waals surface area contributed by atoms with Crippen LogP contribution in [-0.4, -0.2) is 33.7 Å². The molecule has 1 saturated carbocycles. The Morgan fingerprint density at radius 1 is 1.12 bits per heavy atom. The summed E-state index contributed by atoms with van der Waals surface area (Å²) in [6.07, 6.45) is 5.57. The molecule has 5 rings (SSSR count). The van der Waals surface area contributed by atoms with Gasteiger partial charge in [0.05, 0.1) is 11.1 Å². The Bertz CT molecular complexity index is 1250. The maximum atomic E-state index is 12.5. The molecule has 33 heavy (non-hydrogen) atoms. The number of nitrogens with zero attached hydrogens (tertiary/aromatic N) is 1. The van der Waals surface area contributed by atoms with E-state index in [4.69, 9.17) is 0 Å². The summed E-state index contributed by atoms with van der Waals surface area (Å²) in [6, 6.07) is 7.14. The van der Waals surface area contributed by atoms with Gasteiger partial charge in [0.1, 0.15) is 10.7 Å². The van der Waals surface area contributed by atoms with Gasteiger partial charge in [-0.15, -0.1) is 11.3 Å². The van der Waals surface area contributed by atoms with Crippen molar-refractivity contribution in [3.05, 3.63) is 50.9 Å². The van der Waals surface area contributed by atoms with E-state index >= 15 is 0 Å². The van der Waals surface area contributed by atoms with Crippen molar-refractivity contribution in [2.24, 2.45) is 0 Å². The minimum atomic E-state index is -0.204. The Balaban J connectivity index is 1.06. The van der Waals surface area contributed by atoms with Gasteiger partial charge in [-0.2, -0.15) is 11.8 Å². The summed E-state index contributed by atoms with van der Waals surface area (Å²) in [5.74, 6) is 1.76. The van der Waals surface area contributed by atoms with Crippen molar-refractivity contribution in [2.75, 3.05) is 16.4 Å². The van der Waals surface area contributed by atoms with Crippen LogP contribution in [0.5, 0.6) is 0 Å². The van der Waals surface area contributed by atoms with Gasteiger partial charge in [-0.1, -0.05) is 0 Å². The smallest absolute Gasteiger partial charge is 0.319 e. The molecular weight excluding hydrogens is 458 g/mol. The van der Waals surface area contributed by atoms with E-state index in [1.807, 2.05) is 0 Å². The molecule has 4 N–H and O–H groups in total. The first kappa shape index (κ1) is 22.0. The third kappa shape index (κ3) is 5.39. The Labute approximate surface area is 199 Å². The number of H-pyrrole nitrogens is 1. The number of urea groups is 1. The normalized spacial score (nSPS) is 14.8. The highest BCUT2D eigenvalue weighted by Crippen LogP contribution is 2.34. The molecule has 0 spiro atoms. The second kappa shape index (κ2) is 9.56. The van der Waals surface area contributed by atoms with Gasteiger partial charge in [0.15, 0.2) is 0 Å². The van der Waals surface area contributed by atoms with E-state index < -0.39 is 0 Å². The quantitative estimate of drug-likeness (QED) is 0.361. The van der Waals surface area contributed by atoms with Crippen LogP contribution in [0.15, 0.2) is 29.1 Å². The summed E-state index contributed by atoms with van der Waals surface area (Å²) >= 11 is 3.21. The monoisotopic (exact) mass is 483 g/mol. The van der Waals surface area contributed by atoms with Crippen LogP contribution in [0.2, 0.25) is 0 Å². The van der Waals surface area contributed by atoms with Crippen LogP contribution >= 0.6 is 23.1 Å². The van der Waals surface area contributed by atoms with Crippen LogP contribution in [0.1, 0.15) is 41.9 Å². The lowest BCUT2D eigenvalue weighted by molar-refractivity contribution is -0.115. The Hall–Kier alpha value is -2.85. The standard InChI is InChI=1S/C23H25N5O3S2/c29-19(24-13-4-6-14(7-5-13)25-23(31)26-15-8-9-15)10-11-32-12-18-27-21(30)20-16-2-1-3-17(16)33-22(20)28-18/h4-7,15H,1-3,8-12H2,(H,24,29)(H2,25,26,31)(H,27,28,30). The first-order valence-corrected chi connectivity index (χ1v) is 13.1. The number of thiophene rings is 1. The zero-order valence-corrected chi connectivity index (χ0v) is 19.7. The fraction of sp³-hybridized carbons (Fsp3) is 0.391. The highest BCUT2D eigenvalue weighted by molar-refractivity contribution is 7.98. The topological polar surface area (TPSA) is 116 Å². The minimum absolute atomic E-state index is 0.0456. The van der Waals surface area contributed by atoms with Gasteiger partial charge < -0.3 is 20.9 Å². The largest absolute Gasteiger partial charge is 0.335 e. The molecule has 2 aliphatic carbocycles. The SMILES string of the molecule is O=C(CCSCc1nc2sc3c(c2c(=O)[nH]1)CCC3)Nc1ccc(NC(=O)NC2CC2)cc1. The number of hydrogen-bond donors (Lipinski definition) is 4. The lowest BCUT2D eigenvalue weighted by Crippen LogP contribution is -2.30. The zero-order valence-electron chi connectivity index (χ0n) is 18.0.